The molecule has 4 rings (SSSR count). The van der Waals surface area contributed by atoms with Crippen molar-refractivity contribution in [1.29, 1.82) is 0 Å². The van der Waals surface area contributed by atoms with Crippen LogP contribution in [-0.2, 0) is 36.0 Å². The molecule has 37 heavy (non-hydrogen) atoms. The van der Waals surface area contributed by atoms with E-state index in [1.165, 1.54) is 51.5 Å². The van der Waals surface area contributed by atoms with Gasteiger partial charge >= 0.3 is 251 Å². The molecule has 3 aliphatic carbocycles. The number of unbranched alkanes of at least 4 members (excludes halogenated alkanes) is 1. The van der Waals surface area contributed by atoms with Gasteiger partial charge in [0.05, 0.1) is 0 Å². The van der Waals surface area contributed by atoms with Gasteiger partial charge in [0.25, 0.3) is 0 Å². The van der Waals surface area contributed by atoms with Gasteiger partial charge in [0, 0.05) is 0 Å². The van der Waals surface area contributed by atoms with Crippen molar-refractivity contribution in [3.8, 4) is 0 Å². The SMILES string of the molecule is CCCCNCCC[N]([Y])CC1CN(C(C2=CC=CCC2)(C2C=CC=CC2)C2C=CCCC2)CC(P)O1. The molecule has 4 aliphatic rings. The summed E-state index contributed by atoms with van der Waals surface area (Å²) in [5.74, 6) is 1.23. The third-order valence-corrected chi connectivity index (χ3v) is 10.1. The molecule has 1 heterocycles. The van der Waals surface area contributed by atoms with Crippen molar-refractivity contribution < 1.29 is 36.0 Å². The summed E-state index contributed by atoms with van der Waals surface area (Å²) in [5.41, 5.74) is 1.67. The summed E-state index contributed by atoms with van der Waals surface area (Å²) in [6.07, 6.45) is 33.0. The molecule has 0 spiro atoms. The molecular weight excluding hydrogens is 550 g/mol. The molecule has 6 unspecified atom stereocenters. The predicted molar refractivity (Wildman–Crippen MR) is 156 cm³/mol. The summed E-state index contributed by atoms with van der Waals surface area (Å²) in [6.45, 7) is 8.77. The molecule has 0 radical (unpaired) electrons. The van der Waals surface area contributed by atoms with Crippen molar-refractivity contribution in [3.05, 3.63) is 60.3 Å². The van der Waals surface area contributed by atoms with Crippen LogP contribution >= 0.6 is 9.24 Å². The molecule has 4 nitrogen and oxygen atoms in total. The minimum absolute atomic E-state index is 0.0260. The van der Waals surface area contributed by atoms with Crippen molar-refractivity contribution >= 4 is 9.24 Å². The van der Waals surface area contributed by atoms with Crippen LogP contribution in [0.1, 0.15) is 64.7 Å². The van der Waals surface area contributed by atoms with Gasteiger partial charge in [-0.2, -0.15) is 0 Å². The summed E-state index contributed by atoms with van der Waals surface area (Å²) in [4.78, 5) is 2.89. The zero-order valence-corrected chi connectivity index (χ0v) is 27.1. The van der Waals surface area contributed by atoms with Crippen LogP contribution in [0.5, 0.6) is 0 Å². The quantitative estimate of drug-likeness (QED) is 0.161. The molecule has 1 saturated heterocycles. The molecule has 1 fully saturated rings. The first-order valence-electron chi connectivity index (χ1n) is 14.9. The van der Waals surface area contributed by atoms with E-state index in [1.54, 1.807) is 5.57 Å². The summed E-state index contributed by atoms with van der Waals surface area (Å²) >= 11 is 1.16. The van der Waals surface area contributed by atoms with Gasteiger partial charge in [-0.05, 0) is 0 Å². The van der Waals surface area contributed by atoms with Crippen molar-refractivity contribution in [2.45, 2.75) is 82.2 Å². The number of morpholine rings is 1. The van der Waals surface area contributed by atoms with Gasteiger partial charge in [-0.15, -0.1) is 0 Å². The summed E-state index contributed by atoms with van der Waals surface area (Å²) < 4.78 is 9.22. The van der Waals surface area contributed by atoms with Crippen LogP contribution in [0.25, 0.3) is 0 Å². The molecule has 6 atom stereocenters. The van der Waals surface area contributed by atoms with E-state index in [2.05, 4.69) is 83.1 Å². The number of ether oxygens (including phenoxy) is 1. The second-order valence-electron chi connectivity index (χ2n) is 11.3. The Labute approximate surface area is 249 Å². The van der Waals surface area contributed by atoms with E-state index in [4.69, 9.17) is 4.74 Å². The van der Waals surface area contributed by atoms with E-state index in [-0.39, 0.29) is 17.5 Å². The molecule has 0 amide bonds. The summed E-state index contributed by atoms with van der Waals surface area (Å²) in [7, 11) is 3.04. The minimum atomic E-state index is 0.0260. The number of hydrogen-bond donors (Lipinski definition) is 1. The van der Waals surface area contributed by atoms with Crippen LogP contribution in [0.15, 0.2) is 60.3 Å². The fraction of sp³-hybridized carbons (Fsp3) is 0.677. The molecule has 0 saturated carbocycles. The Morgan fingerprint density at radius 1 is 1.08 bits per heavy atom. The summed E-state index contributed by atoms with van der Waals surface area (Å²) in [5, 5.41) is 3.60. The summed E-state index contributed by atoms with van der Waals surface area (Å²) in [6, 6.07) is 0. The van der Waals surface area contributed by atoms with Crippen LogP contribution in [0.3, 0.4) is 0 Å². The topological polar surface area (TPSA) is 27.7 Å². The van der Waals surface area contributed by atoms with Crippen LogP contribution in [0.4, 0.5) is 0 Å². The Hall–Kier alpha value is 0.0739. The van der Waals surface area contributed by atoms with E-state index in [1.807, 2.05) is 0 Å². The number of nitrogens with one attached hydrogen (secondary N) is 1. The van der Waals surface area contributed by atoms with Crippen molar-refractivity contribution in [1.82, 2.24) is 12.2 Å². The van der Waals surface area contributed by atoms with E-state index in [0.717, 1.165) is 76.9 Å². The molecule has 0 aromatic carbocycles. The second-order valence-corrected chi connectivity index (χ2v) is 13.8. The molecule has 0 aromatic rings. The van der Waals surface area contributed by atoms with Crippen molar-refractivity contribution in [3.63, 3.8) is 0 Å². The monoisotopic (exact) mass is 599 g/mol. The fourth-order valence-corrected chi connectivity index (χ4v) is 8.41. The van der Waals surface area contributed by atoms with Gasteiger partial charge in [0.1, 0.15) is 0 Å². The Morgan fingerprint density at radius 2 is 1.97 bits per heavy atom. The molecule has 202 valence electrons. The van der Waals surface area contributed by atoms with E-state index < -0.39 is 0 Å². The first-order valence-corrected chi connectivity index (χ1v) is 16.8. The first-order chi connectivity index (χ1) is 18.1. The third-order valence-electron chi connectivity index (χ3n) is 8.55. The van der Waals surface area contributed by atoms with Gasteiger partial charge in [-0.25, -0.2) is 0 Å². The fourth-order valence-electron chi connectivity index (χ4n) is 6.91. The Bertz CT molecular complexity index is 851. The molecular formula is C31H49N3OPY. The van der Waals surface area contributed by atoms with Gasteiger partial charge < -0.3 is 0 Å². The standard InChI is InChI=1S/C31H49N3OP.Y/c1-2-3-20-32-21-13-22-33-23-29-24-34(25-30(36)35-29)31(26-14-7-4-8-15-26,27-16-9-5-10-17-27)28-18-11-6-12-19-28;/h4-5,7-9,11,14,16,18,26,28-30,32H,2-3,6,10,12-13,15,17,19-25,36H2,1H3;/q-1;+1. The van der Waals surface area contributed by atoms with E-state index in [9.17, 15) is 0 Å². The Kier molecular flexibility index (Phi) is 12.8. The normalized spacial score (nSPS) is 29.9. The maximum absolute atomic E-state index is 6.61. The predicted octanol–water partition coefficient (Wildman–Crippen LogP) is 5.94. The zero-order chi connectivity index (χ0) is 25.9. The Balaban J connectivity index is 1.54. The third kappa shape index (κ3) is 8.06. The van der Waals surface area contributed by atoms with Crippen LogP contribution in [0, 0.1) is 11.8 Å². The van der Waals surface area contributed by atoms with Crippen LogP contribution < -0.4 is 5.32 Å². The first kappa shape index (κ1) is 30.0. The Morgan fingerprint density at radius 3 is 2.70 bits per heavy atom. The van der Waals surface area contributed by atoms with Gasteiger partial charge in [-0.1, -0.05) is 0 Å². The number of allylic oxidation sites excluding steroid dienone is 7. The van der Waals surface area contributed by atoms with E-state index in [0.29, 0.717) is 11.8 Å². The average molecular weight is 600 g/mol. The van der Waals surface area contributed by atoms with Gasteiger partial charge in [0.2, 0.25) is 0 Å². The second kappa shape index (κ2) is 15.8. The molecule has 1 aliphatic heterocycles. The van der Waals surface area contributed by atoms with Crippen LogP contribution in [0.2, 0.25) is 0 Å². The molecule has 0 bridgehead atoms. The van der Waals surface area contributed by atoms with Crippen molar-refractivity contribution in [2.75, 3.05) is 39.3 Å². The molecule has 1 N–H and O–H groups in total. The maximum atomic E-state index is 6.61. The van der Waals surface area contributed by atoms with E-state index >= 15 is 0 Å². The van der Waals surface area contributed by atoms with Crippen molar-refractivity contribution in [2.24, 2.45) is 11.8 Å². The molecule has 6 heteroatoms. The average Bonchev–Trinajstić information content (AvgIpc) is 2.93. The zero-order valence-electron chi connectivity index (χ0n) is 23.1. The number of nitrogens with zero attached hydrogens (tertiary/aromatic N) is 2. The number of rotatable bonds is 13. The van der Waals surface area contributed by atoms with Gasteiger partial charge in [0.15, 0.2) is 0 Å². The number of hydrogen-bond acceptors (Lipinski definition) is 4. The van der Waals surface area contributed by atoms with Crippen LogP contribution in [-0.4, -0.2) is 63.7 Å². The molecule has 0 aromatic heterocycles. The van der Waals surface area contributed by atoms with Gasteiger partial charge in [-0.3, -0.25) is 0 Å².